The van der Waals surface area contributed by atoms with Gasteiger partial charge < -0.3 is 5.73 Å². The molecule has 5 nitrogen and oxygen atoms in total. The van der Waals surface area contributed by atoms with Gasteiger partial charge in [-0.15, -0.1) is 0 Å². The van der Waals surface area contributed by atoms with E-state index in [0.29, 0.717) is 12.5 Å². The van der Waals surface area contributed by atoms with E-state index in [4.69, 9.17) is 9.92 Å². The molecule has 0 radical (unpaired) electrons. The summed E-state index contributed by atoms with van der Waals surface area (Å²) in [5.74, 6) is 0.347. The van der Waals surface area contributed by atoms with Crippen molar-refractivity contribution in [3.63, 3.8) is 0 Å². The molecule has 0 aromatic heterocycles. The molecule has 0 aliphatic carbocycles. The summed E-state index contributed by atoms with van der Waals surface area (Å²) in [4.78, 5) is 0. The number of allylic oxidation sites excluding steroid dienone is 1. The Balaban J connectivity index is 2.94. The van der Waals surface area contributed by atoms with Gasteiger partial charge in [0, 0.05) is 13.6 Å². The van der Waals surface area contributed by atoms with Gasteiger partial charge in [-0.2, -0.15) is 12.7 Å². The second-order valence-electron chi connectivity index (χ2n) is 4.09. The molecule has 1 atom stereocenters. The van der Waals surface area contributed by atoms with Crippen LogP contribution in [0.4, 0.5) is 0 Å². The van der Waals surface area contributed by atoms with E-state index in [9.17, 15) is 8.42 Å². The van der Waals surface area contributed by atoms with Crippen LogP contribution in [0.3, 0.4) is 0 Å². The van der Waals surface area contributed by atoms with Crippen molar-refractivity contribution in [3.8, 4) is 0 Å². The highest BCUT2D eigenvalue weighted by molar-refractivity contribution is 7.84. The summed E-state index contributed by atoms with van der Waals surface area (Å²) < 4.78 is 28.7. The molecule has 0 bridgehead atoms. The van der Waals surface area contributed by atoms with E-state index in [0.717, 1.165) is 5.57 Å². The first-order chi connectivity index (χ1) is 6.83. The van der Waals surface area contributed by atoms with Crippen LogP contribution >= 0.6 is 0 Å². The molecule has 0 aromatic carbocycles. The van der Waals surface area contributed by atoms with Gasteiger partial charge >= 0.3 is 10.3 Å². The van der Waals surface area contributed by atoms with Crippen molar-refractivity contribution in [2.24, 2.45) is 11.7 Å². The SMILES string of the molecule is CC(C)/C=C1\CN(C)S(=O)(=O)OC[C@@H]1N. The average molecular weight is 234 g/mol. The molecule has 0 saturated carbocycles. The van der Waals surface area contributed by atoms with Crippen LogP contribution in [-0.4, -0.2) is 39.0 Å². The van der Waals surface area contributed by atoms with Gasteiger partial charge in [-0.05, 0) is 11.5 Å². The molecule has 2 N–H and O–H groups in total. The molecule has 88 valence electrons. The summed E-state index contributed by atoms with van der Waals surface area (Å²) in [6, 6.07) is -0.341. The minimum absolute atomic E-state index is 0.0191. The first-order valence-electron chi connectivity index (χ1n) is 4.90. The van der Waals surface area contributed by atoms with Crippen LogP contribution < -0.4 is 5.73 Å². The fourth-order valence-corrected chi connectivity index (χ4v) is 2.22. The van der Waals surface area contributed by atoms with Crippen molar-refractivity contribution < 1.29 is 12.6 Å². The number of likely N-dealkylation sites (N-methyl/N-ethyl adjacent to an activating group) is 1. The largest absolute Gasteiger partial charge is 0.338 e. The molecular formula is C9H18N2O3S. The van der Waals surface area contributed by atoms with Gasteiger partial charge in [-0.1, -0.05) is 19.9 Å². The number of nitrogens with zero attached hydrogens (tertiary/aromatic N) is 1. The van der Waals surface area contributed by atoms with E-state index in [1.807, 2.05) is 19.9 Å². The van der Waals surface area contributed by atoms with Crippen LogP contribution in [0.15, 0.2) is 11.6 Å². The lowest BCUT2D eigenvalue weighted by Gasteiger charge is -2.14. The molecule has 0 amide bonds. The maximum atomic E-state index is 11.4. The molecule has 0 unspecified atom stereocenters. The quantitative estimate of drug-likeness (QED) is 0.653. The molecule has 6 heteroatoms. The Kier molecular flexibility index (Phi) is 3.88. The van der Waals surface area contributed by atoms with Gasteiger partial charge in [0.25, 0.3) is 0 Å². The highest BCUT2D eigenvalue weighted by Crippen LogP contribution is 2.15. The number of nitrogens with two attached hydrogens (primary N) is 1. The number of hydrogen-bond acceptors (Lipinski definition) is 4. The Hall–Kier alpha value is -0.430. The van der Waals surface area contributed by atoms with Crippen LogP contribution in [0, 0.1) is 5.92 Å². The lowest BCUT2D eigenvalue weighted by Crippen LogP contribution is -2.30. The highest BCUT2D eigenvalue weighted by Gasteiger charge is 2.27. The van der Waals surface area contributed by atoms with Gasteiger partial charge in [-0.25, -0.2) is 0 Å². The molecule has 1 aliphatic rings. The first kappa shape index (κ1) is 12.6. The van der Waals surface area contributed by atoms with Gasteiger partial charge in [0.15, 0.2) is 0 Å². The Morgan fingerprint density at radius 2 is 2.20 bits per heavy atom. The monoisotopic (exact) mass is 234 g/mol. The normalized spacial score (nSPS) is 30.7. The molecule has 0 aromatic rings. The fourth-order valence-electron chi connectivity index (χ4n) is 1.41. The molecule has 15 heavy (non-hydrogen) atoms. The molecule has 0 spiro atoms. The predicted molar refractivity (Wildman–Crippen MR) is 58.4 cm³/mol. The van der Waals surface area contributed by atoms with E-state index in [1.165, 1.54) is 11.4 Å². The minimum Gasteiger partial charge on any atom is -0.322 e. The number of hydrogen-bond donors (Lipinski definition) is 1. The number of rotatable bonds is 1. The third-order valence-corrected chi connectivity index (χ3v) is 3.53. The third-order valence-electron chi connectivity index (χ3n) is 2.21. The zero-order valence-corrected chi connectivity index (χ0v) is 10.1. The summed E-state index contributed by atoms with van der Waals surface area (Å²) in [5, 5.41) is 0. The van der Waals surface area contributed by atoms with E-state index in [-0.39, 0.29) is 12.6 Å². The molecule has 1 fully saturated rings. The molecule has 1 heterocycles. The van der Waals surface area contributed by atoms with Crippen LogP contribution in [0.5, 0.6) is 0 Å². The van der Waals surface area contributed by atoms with E-state index in [1.54, 1.807) is 0 Å². The van der Waals surface area contributed by atoms with E-state index >= 15 is 0 Å². The second kappa shape index (κ2) is 4.61. The predicted octanol–water partition coefficient (Wildman–Crippen LogP) is 0.103. The third kappa shape index (κ3) is 3.27. The Labute approximate surface area is 91.1 Å². The Morgan fingerprint density at radius 1 is 1.60 bits per heavy atom. The van der Waals surface area contributed by atoms with Gasteiger partial charge in [0.2, 0.25) is 0 Å². The average Bonchev–Trinajstić information content (AvgIpc) is 2.18. The van der Waals surface area contributed by atoms with Gasteiger partial charge in [0.1, 0.15) is 0 Å². The summed E-state index contributed by atoms with van der Waals surface area (Å²) in [7, 11) is -2.10. The van der Waals surface area contributed by atoms with E-state index < -0.39 is 10.3 Å². The molecule has 1 rings (SSSR count). The molecule has 1 saturated heterocycles. The summed E-state index contributed by atoms with van der Waals surface area (Å²) in [6.07, 6.45) is 1.99. The second-order valence-corrected chi connectivity index (χ2v) is 5.80. The summed E-state index contributed by atoms with van der Waals surface area (Å²) in [5.41, 5.74) is 6.74. The van der Waals surface area contributed by atoms with Crippen LogP contribution in [0.2, 0.25) is 0 Å². The van der Waals surface area contributed by atoms with Gasteiger partial charge in [0.05, 0.1) is 12.6 Å². The molecular weight excluding hydrogens is 216 g/mol. The van der Waals surface area contributed by atoms with Crippen molar-refractivity contribution >= 4 is 10.3 Å². The van der Waals surface area contributed by atoms with Crippen molar-refractivity contribution in [2.75, 3.05) is 20.2 Å². The maximum Gasteiger partial charge on any atom is 0.338 e. The Bertz CT molecular complexity index is 348. The van der Waals surface area contributed by atoms with Crippen molar-refractivity contribution in [2.45, 2.75) is 19.9 Å². The smallest absolute Gasteiger partial charge is 0.322 e. The topological polar surface area (TPSA) is 72.6 Å². The maximum absolute atomic E-state index is 11.4. The van der Waals surface area contributed by atoms with Crippen LogP contribution in [0.1, 0.15) is 13.8 Å². The fraction of sp³-hybridized carbons (Fsp3) is 0.778. The lowest BCUT2D eigenvalue weighted by atomic mass is 10.0. The van der Waals surface area contributed by atoms with Crippen molar-refractivity contribution in [3.05, 3.63) is 11.6 Å². The zero-order valence-electron chi connectivity index (χ0n) is 9.30. The van der Waals surface area contributed by atoms with Crippen LogP contribution in [0.25, 0.3) is 0 Å². The Morgan fingerprint density at radius 3 is 2.73 bits per heavy atom. The zero-order chi connectivity index (χ0) is 11.6. The summed E-state index contributed by atoms with van der Waals surface area (Å²) in [6.45, 7) is 4.38. The van der Waals surface area contributed by atoms with Crippen molar-refractivity contribution in [1.82, 2.24) is 4.31 Å². The summed E-state index contributed by atoms with van der Waals surface area (Å²) >= 11 is 0. The lowest BCUT2D eigenvalue weighted by molar-refractivity contribution is 0.291. The minimum atomic E-state index is -3.59. The van der Waals surface area contributed by atoms with E-state index in [2.05, 4.69) is 0 Å². The standard InChI is InChI=1S/C9H18N2O3S/c1-7(2)4-8-5-11(3)15(12,13)14-6-9(8)10/h4,7,9H,5-6,10H2,1-3H3/b8-4+/t9-/m0/s1. The first-order valence-corrected chi connectivity index (χ1v) is 6.26. The highest BCUT2D eigenvalue weighted by atomic mass is 32.2. The van der Waals surface area contributed by atoms with Crippen molar-refractivity contribution in [1.29, 1.82) is 0 Å². The van der Waals surface area contributed by atoms with Crippen LogP contribution in [-0.2, 0) is 14.5 Å². The molecule has 1 aliphatic heterocycles. The van der Waals surface area contributed by atoms with Gasteiger partial charge in [-0.3, -0.25) is 4.18 Å².